The maximum atomic E-state index is 11.7. The van der Waals surface area contributed by atoms with Crippen molar-refractivity contribution in [3.05, 3.63) is 41.0 Å². The molecule has 0 radical (unpaired) electrons. The molecule has 0 aliphatic carbocycles. The van der Waals surface area contributed by atoms with Crippen LogP contribution in [0, 0.1) is 13.8 Å². The van der Waals surface area contributed by atoms with Gasteiger partial charge < -0.3 is 10.6 Å². The second-order valence-electron chi connectivity index (χ2n) is 6.21. The summed E-state index contributed by atoms with van der Waals surface area (Å²) in [4.78, 5) is 23.3. The SMILES string of the molecule is Cc1ccc(/C=C/C(=O)NCC(=O)NC(C)(C)C)c(C)c1. The summed E-state index contributed by atoms with van der Waals surface area (Å²) in [6.07, 6.45) is 3.20. The van der Waals surface area contributed by atoms with Gasteiger partial charge in [0, 0.05) is 11.6 Å². The van der Waals surface area contributed by atoms with Crippen LogP contribution < -0.4 is 10.6 Å². The van der Waals surface area contributed by atoms with Gasteiger partial charge in [0.25, 0.3) is 0 Å². The Morgan fingerprint density at radius 2 is 1.86 bits per heavy atom. The lowest BCUT2D eigenvalue weighted by Crippen LogP contribution is -2.45. The van der Waals surface area contributed by atoms with E-state index in [0.717, 1.165) is 11.1 Å². The average molecular weight is 288 g/mol. The van der Waals surface area contributed by atoms with Gasteiger partial charge in [0.05, 0.1) is 6.54 Å². The van der Waals surface area contributed by atoms with Gasteiger partial charge in [0.1, 0.15) is 0 Å². The lowest BCUT2D eigenvalue weighted by atomic mass is 10.1. The van der Waals surface area contributed by atoms with Crippen molar-refractivity contribution in [2.45, 2.75) is 40.2 Å². The van der Waals surface area contributed by atoms with E-state index >= 15 is 0 Å². The third kappa shape index (κ3) is 6.75. The molecule has 0 saturated carbocycles. The van der Waals surface area contributed by atoms with Crippen LogP contribution in [0.5, 0.6) is 0 Å². The zero-order valence-corrected chi connectivity index (χ0v) is 13.4. The number of rotatable bonds is 4. The summed E-state index contributed by atoms with van der Waals surface area (Å²) in [5, 5.41) is 5.35. The molecule has 2 amide bonds. The van der Waals surface area contributed by atoms with E-state index in [4.69, 9.17) is 0 Å². The van der Waals surface area contributed by atoms with E-state index < -0.39 is 0 Å². The number of aryl methyl sites for hydroxylation is 2. The Hall–Kier alpha value is -2.10. The first kappa shape index (κ1) is 17.0. The molecule has 114 valence electrons. The number of hydrogen-bond donors (Lipinski definition) is 2. The van der Waals surface area contributed by atoms with Crippen LogP contribution in [0.3, 0.4) is 0 Å². The molecule has 0 aromatic heterocycles. The Balaban J connectivity index is 2.50. The largest absolute Gasteiger partial charge is 0.350 e. The minimum Gasteiger partial charge on any atom is -0.350 e. The molecule has 4 heteroatoms. The van der Waals surface area contributed by atoms with Crippen LogP contribution in [0.1, 0.15) is 37.5 Å². The second-order valence-corrected chi connectivity index (χ2v) is 6.21. The Kier molecular flexibility index (Phi) is 5.70. The molecular weight excluding hydrogens is 264 g/mol. The summed E-state index contributed by atoms with van der Waals surface area (Å²) in [6.45, 7) is 9.70. The average Bonchev–Trinajstić information content (AvgIpc) is 2.33. The number of hydrogen-bond acceptors (Lipinski definition) is 2. The minimum atomic E-state index is -0.295. The summed E-state index contributed by atoms with van der Waals surface area (Å²) >= 11 is 0. The van der Waals surface area contributed by atoms with Crippen molar-refractivity contribution < 1.29 is 9.59 Å². The fourth-order valence-electron chi connectivity index (χ4n) is 1.87. The number of carbonyl (C=O) groups excluding carboxylic acids is 2. The first-order valence-electron chi connectivity index (χ1n) is 7.01. The van der Waals surface area contributed by atoms with Gasteiger partial charge >= 0.3 is 0 Å². The highest BCUT2D eigenvalue weighted by Gasteiger charge is 2.13. The van der Waals surface area contributed by atoms with Gasteiger partial charge in [-0.15, -0.1) is 0 Å². The molecule has 0 heterocycles. The quantitative estimate of drug-likeness (QED) is 0.836. The zero-order valence-electron chi connectivity index (χ0n) is 13.4. The molecule has 0 aliphatic rings. The molecule has 0 aliphatic heterocycles. The summed E-state index contributed by atoms with van der Waals surface area (Å²) in [7, 11) is 0. The first-order valence-corrected chi connectivity index (χ1v) is 7.01. The molecule has 21 heavy (non-hydrogen) atoms. The summed E-state index contributed by atoms with van der Waals surface area (Å²) in [6, 6.07) is 6.04. The van der Waals surface area contributed by atoms with Crippen LogP contribution in [0.4, 0.5) is 0 Å². The van der Waals surface area contributed by atoms with Gasteiger partial charge in [0.2, 0.25) is 11.8 Å². The molecular formula is C17H24N2O2. The third-order valence-electron chi connectivity index (χ3n) is 2.78. The van der Waals surface area contributed by atoms with E-state index in [1.54, 1.807) is 6.08 Å². The molecule has 2 N–H and O–H groups in total. The molecule has 0 fully saturated rings. The highest BCUT2D eigenvalue weighted by molar-refractivity contribution is 5.94. The van der Waals surface area contributed by atoms with Crippen molar-refractivity contribution in [1.29, 1.82) is 0 Å². The summed E-state index contributed by atoms with van der Waals surface area (Å²) < 4.78 is 0. The van der Waals surface area contributed by atoms with E-state index in [1.165, 1.54) is 11.6 Å². The van der Waals surface area contributed by atoms with Gasteiger partial charge in [-0.05, 0) is 51.8 Å². The number of amides is 2. The van der Waals surface area contributed by atoms with Gasteiger partial charge in [-0.25, -0.2) is 0 Å². The van der Waals surface area contributed by atoms with Crippen molar-refractivity contribution in [3.8, 4) is 0 Å². The summed E-state index contributed by atoms with van der Waals surface area (Å²) in [5.41, 5.74) is 3.00. The van der Waals surface area contributed by atoms with Crippen molar-refractivity contribution >= 4 is 17.9 Å². The molecule has 1 aromatic carbocycles. The normalized spacial score (nSPS) is 11.5. The van der Waals surface area contributed by atoms with Crippen LogP contribution in [0.2, 0.25) is 0 Å². The zero-order chi connectivity index (χ0) is 16.0. The Bertz CT molecular complexity index is 554. The van der Waals surface area contributed by atoms with Crippen molar-refractivity contribution in [3.63, 3.8) is 0 Å². The number of benzene rings is 1. The van der Waals surface area contributed by atoms with Crippen molar-refractivity contribution in [1.82, 2.24) is 10.6 Å². The smallest absolute Gasteiger partial charge is 0.244 e. The van der Waals surface area contributed by atoms with E-state index in [2.05, 4.69) is 16.7 Å². The lowest BCUT2D eigenvalue weighted by Gasteiger charge is -2.20. The van der Waals surface area contributed by atoms with Gasteiger partial charge in [-0.3, -0.25) is 9.59 Å². The van der Waals surface area contributed by atoms with Crippen LogP contribution in [0.25, 0.3) is 6.08 Å². The Morgan fingerprint density at radius 1 is 1.19 bits per heavy atom. The monoisotopic (exact) mass is 288 g/mol. The molecule has 1 aromatic rings. The number of carbonyl (C=O) groups is 2. The van der Waals surface area contributed by atoms with Gasteiger partial charge in [0.15, 0.2) is 0 Å². The minimum absolute atomic E-state index is 0.0205. The van der Waals surface area contributed by atoms with Crippen molar-refractivity contribution in [2.75, 3.05) is 6.54 Å². The highest BCUT2D eigenvalue weighted by Crippen LogP contribution is 2.11. The Morgan fingerprint density at radius 3 is 2.43 bits per heavy atom. The van der Waals surface area contributed by atoms with Crippen LogP contribution in [0.15, 0.2) is 24.3 Å². The topological polar surface area (TPSA) is 58.2 Å². The van der Waals surface area contributed by atoms with Crippen LogP contribution in [-0.2, 0) is 9.59 Å². The summed E-state index contributed by atoms with van der Waals surface area (Å²) in [5.74, 6) is -0.477. The third-order valence-corrected chi connectivity index (χ3v) is 2.78. The van der Waals surface area contributed by atoms with Gasteiger partial charge in [-0.2, -0.15) is 0 Å². The molecule has 4 nitrogen and oxygen atoms in total. The molecule has 0 spiro atoms. The molecule has 0 bridgehead atoms. The predicted octanol–water partition coefficient (Wildman–Crippen LogP) is 2.35. The van der Waals surface area contributed by atoms with Crippen LogP contribution >= 0.6 is 0 Å². The van der Waals surface area contributed by atoms with Crippen LogP contribution in [-0.4, -0.2) is 23.9 Å². The molecule has 1 rings (SSSR count). The number of nitrogens with one attached hydrogen (secondary N) is 2. The standard InChI is InChI=1S/C17H24N2O2/c1-12-6-7-14(13(2)10-12)8-9-15(20)18-11-16(21)19-17(3,4)5/h6-10H,11H2,1-5H3,(H,18,20)(H,19,21)/b9-8+. The molecule has 0 atom stereocenters. The maximum absolute atomic E-state index is 11.7. The Labute approximate surface area is 126 Å². The predicted molar refractivity (Wildman–Crippen MR) is 85.9 cm³/mol. The lowest BCUT2D eigenvalue weighted by molar-refractivity contribution is -0.124. The van der Waals surface area contributed by atoms with E-state index in [0.29, 0.717) is 0 Å². The highest BCUT2D eigenvalue weighted by atomic mass is 16.2. The van der Waals surface area contributed by atoms with E-state index in [1.807, 2.05) is 46.8 Å². The second kappa shape index (κ2) is 7.07. The van der Waals surface area contributed by atoms with Crippen molar-refractivity contribution in [2.24, 2.45) is 0 Å². The molecule has 0 saturated heterocycles. The van der Waals surface area contributed by atoms with E-state index in [9.17, 15) is 9.59 Å². The maximum Gasteiger partial charge on any atom is 0.244 e. The van der Waals surface area contributed by atoms with E-state index in [-0.39, 0.29) is 23.9 Å². The first-order chi connectivity index (χ1) is 9.67. The fraction of sp³-hybridized carbons (Fsp3) is 0.412. The van der Waals surface area contributed by atoms with Gasteiger partial charge in [-0.1, -0.05) is 23.8 Å². The molecule has 0 unspecified atom stereocenters. The fourth-order valence-corrected chi connectivity index (χ4v) is 1.87.